The highest BCUT2D eigenvalue weighted by Gasteiger charge is 2.49. The molecular weight excluding hydrogens is 216 g/mol. The quantitative estimate of drug-likeness (QED) is 0.752. The molecule has 0 spiro atoms. The average Bonchev–Trinajstić information content (AvgIpc) is 2.22. The van der Waals surface area contributed by atoms with Crippen molar-refractivity contribution in [2.75, 3.05) is 19.8 Å². The van der Waals surface area contributed by atoms with Crippen LogP contribution in [-0.4, -0.2) is 25.8 Å². The van der Waals surface area contributed by atoms with E-state index < -0.39 is 5.41 Å². The number of benzene rings is 1. The second-order valence-electron chi connectivity index (χ2n) is 4.61. The van der Waals surface area contributed by atoms with Crippen molar-refractivity contribution in [2.24, 2.45) is 0 Å². The van der Waals surface area contributed by atoms with Crippen molar-refractivity contribution >= 4 is 5.97 Å². The van der Waals surface area contributed by atoms with Crippen molar-refractivity contribution in [3.8, 4) is 0 Å². The molecule has 1 heterocycles. The lowest BCUT2D eigenvalue weighted by molar-refractivity contribution is -0.169. The van der Waals surface area contributed by atoms with Gasteiger partial charge in [-0.3, -0.25) is 4.79 Å². The van der Waals surface area contributed by atoms with Crippen LogP contribution in [0, 0.1) is 13.8 Å². The molecule has 3 heteroatoms. The first kappa shape index (κ1) is 12.1. The van der Waals surface area contributed by atoms with Crippen LogP contribution in [0.3, 0.4) is 0 Å². The lowest BCUT2D eigenvalue weighted by Gasteiger charge is -2.40. The number of hydrogen-bond acceptors (Lipinski definition) is 3. The zero-order valence-corrected chi connectivity index (χ0v) is 10.6. The average molecular weight is 234 g/mol. The minimum absolute atomic E-state index is 0.167. The first-order valence-corrected chi connectivity index (χ1v) is 5.93. The van der Waals surface area contributed by atoms with Crippen LogP contribution in [0.1, 0.15) is 23.6 Å². The van der Waals surface area contributed by atoms with Crippen LogP contribution in [0.2, 0.25) is 0 Å². The van der Waals surface area contributed by atoms with E-state index in [1.54, 1.807) is 0 Å². The molecule has 0 amide bonds. The Morgan fingerprint density at radius 3 is 2.65 bits per heavy atom. The molecule has 0 bridgehead atoms. The highest BCUT2D eigenvalue weighted by molar-refractivity contribution is 5.85. The van der Waals surface area contributed by atoms with E-state index in [4.69, 9.17) is 9.47 Å². The maximum absolute atomic E-state index is 12.1. The van der Waals surface area contributed by atoms with Crippen molar-refractivity contribution in [3.05, 3.63) is 34.9 Å². The van der Waals surface area contributed by atoms with Crippen LogP contribution in [0.25, 0.3) is 0 Å². The molecule has 17 heavy (non-hydrogen) atoms. The smallest absolute Gasteiger partial charge is 0.321 e. The van der Waals surface area contributed by atoms with E-state index >= 15 is 0 Å². The molecule has 0 radical (unpaired) electrons. The summed E-state index contributed by atoms with van der Waals surface area (Å²) < 4.78 is 10.4. The van der Waals surface area contributed by atoms with E-state index in [-0.39, 0.29) is 5.97 Å². The Morgan fingerprint density at radius 1 is 1.41 bits per heavy atom. The van der Waals surface area contributed by atoms with Crippen molar-refractivity contribution in [1.82, 2.24) is 0 Å². The molecule has 1 aliphatic rings. The lowest BCUT2D eigenvalue weighted by Crippen LogP contribution is -2.54. The fourth-order valence-corrected chi connectivity index (χ4v) is 2.21. The minimum atomic E-state index is -0.577. The van der Waals surface area contributed by atoms with Crippen molar-refractivity contribution in [3.63, 3.8) is 0 Å². The predicted molar refractivity (Wildman–Crippen MR) is 65.0 cm³/mol. The predicted octanol–water partition coefficient (Wildman–Crippen LogP) is 2.13. The summed E-state index contributed by atoms with van der Waals surface area (Å²) in [6, 6.07) is 6.16. The molecule has 0 aromatic heterocycles. The molecule has 0 saturated carbocycles. The summed E-state index contributed by atoms with van der Waals surface area (Å²) in [7, 11) is 0. The largest absolute Gasteiger partial charge is 0.465 e. The van der Waals surface area contributed by atoms with Gasteiger partial charge in [0.1, 0.15) is 5.41 Å². The van der Waals surface area contributed by atoms with Crippen LogP contribution in [-0.2, 0) is 19.7 Å². The van der Waals surface area contributed by atoms with E-state index in [1.807, 2.05) is 26.8 Å². The molecule has 1 aromatic carbocycles. The second kappa shape index (κ2) is 4.49. The highest BCUT2D eigenvalue weighted by atomic mass is 16.6. The molecular formula is C14H18O3. The Labute approximate surface area is 102 Å². The summed E-state index contributed by atoms with van der Waals surface area (Å²) in [5, 5.41) is 0. The Morgan fingerprint density at radius 2 is 2.12 bits per heavy atom. The summed E-state index contributed by atoms with van der Waals surface area (Å²) in [5.41, 5.74) is 2.74. The standard InChI is InChI=1S/C14H18O3/c1-4-17-13(15)14(8-16-9-14)12-7-10(2)5-6-11(12)3/h5-7H,4,8-9H2,1-3H3. The summed E-state index contributed by atoms with van der Waals surface area (Å²) >= 11 is 0. The summed E-state index contributed by atoms with van der Waals surface area (Å²) in [4.78, 5) is 12.1. The van der Waals surface area contributed by atoms with Gasteiger partial charge in [-0.1, -0.05) is 23.8 Å². The molecule has 1 fully saturated rings. The third-order valence-corrected chi connectivity index (χ3v) is 3.27. The molecule has 3 nitrogen and oxygen atoms in total. The Hall–Kier alpha value is -1.35. The van der Waals surface area contributed by atoms with Gasteiger partial charge in [0.2, 0.25) is 0 Å². The van der Waals surface area contributed by atoms with Crippen LogP contribution in [0.5, 0.6) is 0 Å². The van der Waals surface area contributed by atoms with E-state index in [0.717, 1.165) is 16.7 Å². The van der Waals surface area contributed by atoms with Crippen molar-refractivity contribution in [2.45, 2.75) is 26.2 Å². The minimum Gasteiger partial charge on any atom is -0.465 e. The van der Waals surface area contributed by atoms with E-state index in [1.165, 1.54) is 0 Å². The van der Waals surface area contributed by atoms with Gasteiger partial charge in [0.25, 0.3) is 0 Å². The fourth-order valence-electron chi connectivity index (χ4n) is 2.21. The molecule has 2 rings (SSSR count). The highest BCUT2D eigenvalue weighted by Crippen LogP contribution is 2.36. The number of carbonyl (C=O) groups excluding carboxylic acids is 1. The Kier molecular flexibility index (Phi) is 3.20. The van der Waals surface area contributed by atoms with E-state index in [9.17, 15) is 4.79 Å². The zero-order chi connectivity index (χ0) is 12.5. The Bertz CT molecular complexity index is 433. The third-order valence-electron chi connectivity index (χ3n) is 3.27. The third kappa shape index (κ3) is 1.95. The van der Waals surface area contributed by atoms with Gasteiger partial charge in [0.05, 0.1) is 19.8 Å². The maximum Gasteiger partial charge on any atom is 0.321 e. The number of hydrogen-bond donors (Lipinski definition) is 0. The summed E-state index contributed by atoms with van der Waals surface area (Å²) in [6.07, 6.45) is 0. The normalized spacial score (nSPS) is 17.4. The van der Waals surface area contributed by atoms with E-state index in [2.05, 4.69) is 12.1 Å². The van der Waals surface area contributed by atoms with Gasteiger partial charge < -0.3 is 9.47 Å². The molecule has 0 unspecified atom stereocenters. The van der Waals surface area contributed by atoms with Crippen molar-refractivity contribution < 1.29 is 14.3 Å². The number of rotatable bonds is 3. The van der Waals surface area contributed by atoms with Gasteiger partial charge >= 0.3 is 5.97 Å². The van der Waals surface area contributed by atoms with E-state index in [0.29, 0.717) is 19.8 Å². The first-order chi connectivity index (χ1) is 8.10. The van der Waals surface area contributed by atoms with Crippen LogP contribution < -0.4 is 0 Å². The number of aryl methyl sites for hydroxylation is 2. The van der Waals surface area contributed by atoms with Gasteiger partial charge in [-0.15, -0.1) is 0 Å². The van der Waals surface area contributed by atoms with Crippen LogP contribution >= 0.6 is 0 Å². The maximum atomic E-state index is 12.1. The zero-order valence-electron chi connectivity index (χ0n) is 10.6. The molecule has 0 N–H and O–H groups in total. The van der Waals surface area contributed by atoms with Crippen LogP contribution in [0.4, 0.5) is 0 Å². The summed E-state index contributed by atoms with van der Waals surface area (Å²) in [6.45, 7) is 7.14. The number of esters is 1. The molecule has 1 aromatic rings. The number of ether oxygens (including phenoxy) is 2. The summed E-state index contributed by atoms with van der Waals surface area (Å²) in [5.74, 6) is -0.167. The molecule has 0 atom stereocenters. The topological polar surface area (TPSA) is 35.5 Å². The molecule has 92 valence electrons. The SMILES string of the molecule is CCOC(=O)C1(c2cc(C)ccc2C)COC1. The van der Waals surface area contributed by atoms with Gasteiger partial charge in [0, 0.05) is 0 Å². The molecule has 1 saturated heterocycles. The van der Waals surface area contributed by atoms with Crippen molar-refractivity contribution in [1.29, 1.82) is 0 Å². The lowest BCUT2D eigenvalue weighted by atomic mass is 9.76. The first-order valence-electron chi connectivity index (χ1n) is 5.93. The van der Waals surface area contributed by atoms with Gasteiger partial charge in [0.15, 0.2) is 0 Å². The second-order valence-corrected chi connectivity index (χ2v) is 4.61. The molecule has 1 aliphatic heterocycles. The molecule has 0 aliphatic carbocycles. The monoisotopic (exact) mass is 234 g/mol. The number of carbonyl (C=O) groups is 1. The van der Waals surface area contributed by atoms with Gasteiger partial charge in [-0.05, 0) is 31.9 Å². The van der Waals surface area contributed by atoms with Gasteiger partial charge in [-0.2, -0.15) is 0 Å². The fraction of sp³-hybridized carbons (Fsp3) is 0.500. The Balaban J connectivity index is 2.41. The van der Waals surface area contributed by atoms with Crippen LogP contribution in [0.15, 0.2) is 18.2 Å². The van der Waals surface area contributed by atoms with Gasteiger partial charge in [-0.25, -0.2) is 0 Å².